The topological polar surface area (TPSA) is 76.7 Å². The minimum atomic E-state index is -0.280. The number of nitrogens with one attached hydrogen (secondary N) is 2. The Morgan fingerprint density at radius 1 is 1.08 bits per heavy atom. The summed E-state index contributed by atoms with van der Waals surface area (Å²) in [5.41, 5.74) is 2.25. The number of hydrogen-bond donors (Lipinski definition) is 2. The molecule has 0 heterocycles. The van der Waals surface area contributed by atoms with Crippen molar-refractivity contribution in [3.05, 3.63) is 59.2 Å². The second-order valence-corrected chi connectivity index (χ2v) is 5.89. The molecule has 6 heteroatoms. The number of carbonyl (C=O) groups is 2. The van der Waals surface area contributed by atoms with Gasteiger partial charge >= 0.3 is 0 Å². The van der Waals surface area contributed by atoms with Crippen LogP contribution in [0.3, 0.4) is 0 Å². The van der Waals surface area contributed by atoms with E-state index in [1.165, 1.54) is 0 Å². The molecule has 2 aromatic carbocycles. The van der Waals surface area contributed by atoms with Crippen LogP contribution >= 0.6 is 0 Å². The summed E-state index contributed by atoms with van der Waals surface area (Å²) in [6, 6.07) is 12.4. The molecule has 0 saturated carbocycles. The molecule has 0 spiro atoms. The van der Waals surface area contributed by atoms with Crippen LogP contribution in [-0.2, 0) is 4.79 Å². The quantitative estimate of drug-likeness (QED) is 0.800. The third kappa shape index (κ3) is 4.75. The number of aryl methyl sites for hydroxylation is 1. The van der Waals surface area contributed by atoms with E-state index in [0.29, 0.717) is 17.1 Å². The van der Waals surface area contributed by atoms with E-state index < -0.39 is 0 Å². The summed E-state index contributed by atoms with van der Waals surface area (Å²) >= 11 is 0. The lowest BCUT2D eigenvalue weighted by Crippen LogP contribution is -2.38. The highest BCUT2D eigenvalue weighted by atomic mass is 16.5. The summed E-state index contributed by atoms with van der Waals surface area (Å²) in [6.07, 6.45) is 0. The maximum Gasteiger partial charge on any atom is 0.251 e. The predicted octanol–water partition coefficient (Wildman–Crippen LogP) is 2.62. The lowest BCUT2D eigenvalue weighted by molar-refractivity contribution is -0.120. The van der Waals surface area contributed by atoms with E-state index in [-0.39, 0.29) is 24.4 Å². The Labute approximate surface area is 153 Å². The Bertz CT molecular complexity index is 789. The first kappa shape index (κ1) is 19.3. The van der Waals surface area contributed by atoms with Gasteiger partial charge in [0.25, 0.3) is 5.91 Å². The molecule has 1 atom stereocenters. The van der Waals surface area contributed by atoms with E-state index in [0.717, 1.165) is 11.1 Å². The average Bonchev–Trinajstić information content (AvgIpc) is 2.65. The smallest absolute Gasteiger partial charge is 0.251 e. The van der Waals surface area contributed by atoms with E-state index in [9.17, 15) is 9.59 Å². The minimum Gasteiger partial charge on any atom is -0.497 e. The average molecular weight is 356 g/mol. The predicted molar refractivity (Wildman–Crippen MR) is 99.6 cm³/mol. The number of rotatable bonds is 7. The number of benzene rings is 2. The molecule has 0 bridgehead atoms. The summed E-state index contributed by atoms with van der Waals surface area (Å²) in [7, 11) is 3.14. The fraction of sp³-hybridized carbons (Fsp3) is 0.300. The van der Waals surface area contributed by atoms with Crippen molar-refractivity contribution in [2.75, 3.05) is 20.8 Å². The van der Waals surface area contributed by atoms with Crippen molar-refractivity contribution in [3.63, 3.8) is 0 Å². The van der Waals surface area contributed by atoms with E-state index in [1.807, 2.05) is 32.0 Å². The molecule has 0 aliphatic carbocycles. The van der Waals surface area contributed by atoms with Gasteiger partial charge in [-0.3, -0.25) is 9.59 Å². The highest BCUT2D eigenvalue weighted by molar-refractivity contribution is 5.97. The zero-order chi connectivity index (χ0) is 19.1. The van der Waals surface area contributed by atoms with Gasteiger partial charge in [0.1, 0.15) is 11.5 Å². The number of methoxy groups -OCH3 is 2. The van der Waals surface area contributed by atoms with Crippen LogP contribution in [0.1, 0.15) is 34.5 Å². The normalized spacial score (nSPS) is 11.4. The fourth-order valence-electron chi connectivity index (χ4n) is 2.63. The molecule has 2 amide bonds. The highest BCUT2D eigenvalue weighted by Crippen LogP contribution is 2.29. The number of amides is 2. The van der Waals surface area contributed by atoms with Gasteiger partial charge in [-0.2, -0.15) is 0 Å². The SMILES string of the molecule is COc1ccc(C(C)NC(=O)CNC(=O)c2ccccc2C)c(OC)c1. The Kier molecular flexibility index (Phi) is 6.60. The molecule has 0 fully saturated rings. The molecule has 2 aromatic rings. The van der Waals surface area contributed by atoms with Gasteiger partial charge in [0.15, 0.2) is 0 Å². The lowest BCUT2D eigenvalue weighted by Gasteiger charge is -2.18. The van der Waals surface area contributed by atoms with Crippen LogP contribution in [0, 0.1) is 6.92 Å². The molecule has 2 rings (SSSR count). The van der Waals surface area contributed by atoms with E-state index in [1.54, 1.807) is 38.5 Å². The van der Waals surface area contributed by atoms with Gasteiger partial charge in [-0.25, -0.2) is 0 Å². The fourth-order valence-corrected chi connectivity index (χ4v) is 2.63. The second kappa shape index (κ2) is 8.89. The Morgan fingerprint density at radius 3 is 2.46 bits per heavy atom. The Balaban J connectivity index is 1.95. The maximum absolute atomic E-state index is 12.2. The van der Waals surface area contributed by atoms with Gasteiger partial charge in [0.05, 0.1) is 26.8 Å². The van der Waals surface area contributed by atoms with Crippen LogP contribution in [0.15, 0.2) is 42.5 Å². The molecule has 26 heavy (non-hydrogen) atoms. The summed E-state index contributed by atoms with van der Waals surface area (Å²) in [5, 5.41) is 5.50. The van der Waals surface area contributed by atoms with Crippen LogP contribution in [0.5, 0.6) is 11.5 Å². The number of carbonyl (C=O) groups excluding carboxylic acids is 2. The van der Waals surface area contributed by atoms with Gasteiger partial charge < -0.3 is 20.1 Å². The minimum absolute atomic E-state index is 0.101. The van der Waals surface area contributed by atoms with Crippen molar-refractivity contribution in [1.82, 2.24) is 10.6 Å². The molecule has 0 aliphatic heterocycles. The molecule has 0 radical (unpaired) electrons. The third-order valence-corrected chi connectivity index (χ3v) is 4.08. The first-order valence-electron chi connectivity index (χ1n) is 8.31. The van der Waals surface area contributed by atoms with Gasteiger partial charge in [0.2, 0.25) is 5.91 Å². The van der Waals surface area contributed by atoms with Crippen LogP contribution in [0.2, 0.25) is 0 Å². The first-order valence-corrected chi connectivity index (χ1v) is 8.31. The molecule has 2 N–H and O–H groups in total. The molecule has 1 unspecified atom stereocenters. The van der Waals surface area contributed by atoms with Crippen molar-refractivity contribution in [1.29, 1.82) is 0 Å². The zero-order valence-corrected chi connectivity index (χ0v) is 15.5. The summed E-state index contributed by atoms with van der Waals surface area (Å²) in [5.74, 6) is 0.751. The van der Waals surface area contributed by atoms with E-state index in [2.05, 4.69) is 10.6 Å². The maximum atomic E-state index is 12.2. The molecular weight excluding hydrogens is 332 g/mol. The van der Waals surface area contributed by atoms with Crippen LogP contribution in [0.25, 0.3) is 0 Å². The van der Waals surface area contributed by atoms with Crippen molar-refractivity contribution >= 4 is 11.8 Å². The molecular formula is C20H24N2O4. The molecule has 0 saturated heterocycles. The van der Waals surface area contributed by atoms with Crippen molar-refractivity contribution in [3.8, 4) is 11.5 Å². The van der Waals surface area contributed by atoms with Crippen LogP contribution < -0.4 is 20.1 Å². The lowest BCUT2D eigenvalue weighted by atomic mass is 10.1. The summed E-state index contributed by atoms with van der Waals surface area (Å²) < 4.78 is 10.5. The van der Waals surface area contributed by atoms with Gasteiger partial charge in [-0.05, 0) is 37.6 Å². The highest BCUT2D eigenvalue weighted by Gasteiger charge is 2.16. The standard InChI is InChI=1S/C20H24N2O4/c1-13-7-5-6-8-16(13)20(24)21-12-19(23)22-14(2)17-10-9-15(25-3)11-18(17)26-4/h5-11,14H,12H2,1-4H3,(H,21,24)(H,22,23). The first-order chi connectivity index (χ1) is 12.5. The van der Waals surface area contributed by atoms with Crippen molar-refractivity contribution in [2.45, 2.75) is 19.9 Å². The zero-order valence-electron chi connectivity index (χ0n) is 15.5. The van der Waals surface area contributed by atoms with Crippen LogP contribution in [0.4, 0.5) is 0 Å². The van der Waals surface area contributed by atoms with Crippen molar-refractivity contribution < 1.29 is 19.1 Å². The third-order valence-electron chi connectivity index (χ3n) is 4.08. The number of ether oxygens (including phenoxy) is 2. The number of hydrogen-bond acceptors (Lipinski definition) is 4. The largest absolute Gasteiger partial charge is 0.497 e. The van der Waals surface area contributed by atoms with Gasteiger partial charge in [-0.1, -0.05) is 18.2 Å². The van der Waals surface area contributed by atoms with Gasteiger partial charge in [-0.15, -0.1) is 0 Å². The summed E-state index contributed by atoms with van der Waals surface area (Å²) in [4.78, 5) is 24.4. The van der Waals surface area contributed by atoms with Crippen molar-refractivity contribution in [2.24, 2.45) is 0 Å². The second-order valence-electron chi connectivity index (χ2n) is 5.89. The van der Waals surface area contributed by atoms with Crippen LogP contribution in [-0.4, -0.2) is 32.6 Å². The van der Waals surface area contributed by atoms with E-state index >= 15 is 0 Å². The van der Waals surface area contributed by atoms with Gasteiger partial charge in [0, 0.05) is 17.2 Å². The Morgan fingerprint density at radius 2 is 1.81 bits per heavy atom. The molecule has 0 aromatic heterocycles. The molecule has 6 nitrogen and oxygen atoms in total. The monoisotopic (exact) mass is 356 g/mol. The molecule has 138 valence electrons. The van der Waals surface area contributed by atoms with E-state index in [4.69, 9.17) is 9.47 Å². The Hall–Kier alpha value is -3.02. The molecule has 0 aliphatic rings. The summed E-state index contributed by atoms with van der Waals surface area (Å²) in [6.45, 7) is 3.61.